The SMILES string of the molecule is COC(=O)C1CCN(S(=O)(=O)Nc2ccnc(Cl)c2)CC1. The molecular weight excluding hydrogens is 318 g/mol. The Bertz CT molecular complexity index is 615. The van der Waals surface area contributed by atoms with E-state index in [-0.39, 0.29) is 30.1 Å². The highest BCUT2D eigenvalue weighted by atomic mass is 35.5. The number of carbonyl (C=O) groups is 1. The molecule has 2 heterocycles. The monoisotopic (exact) mass is 333 g/mol. The van der Waals surface area contributed by atoms with E-state index < -0.39 is 10.2 Å². The predicted octanol–water partition coefficient (Wildman–Crippen LogP) is 1.28. The average molecular weight is 334 g/mol. The quantitative estimate of drug-likeness (QED) is 0.662. The van der Waals surface area contributed by atoms with Crippen LogP contribution in [0.5, 0.6) is 0 Å². The topological polar surface area (TPSA) is 88.6 Å². The normalized spacial score (nSPS) is 17.4. The van der Waals surface area contributed by atoms with Gasteiger partial charge in [0.05, 0.1) is 18.7 Å². The fraction of sp³-hybridized carbons (Fsp3) is 0.500. The third-order valence-corrected chi connectivity index (χ3v) is 5.05. The van der Waals surface area contributed by atoms with E-state index >= 15 is 0 Å². The molecule has 0 spiro atoms. The first-order valence-electron chi connectivity index (χ1n) is 6.39. The third kappa shape index (κ3) is 4.05. The predicted molar refractivity (Wildman–Crippen MR) is 78.1 cm³/mol. The van der Waals surface area contributed by atoms with Gasteiger partial charge in [0, 0.05) is 19.3 Å². The molecule has 0 aromatic carbocycles. The summed E-state index contributed by atoms with van der Waals surface area (Å²) in [5, 5.41) is 0.208. The van der Waals surface area contributed by atoms with Crippen LogP contribution in [0.25, 0.3) is 0 Å². The van der Waals surface area contributed by atoms with E-state index in [4.69, 9.17) is 11.6 Å². The largest absolute Gasteiger partial charge is 0.469 e. The number of hydrogen-bond acceptors (Lipinski definition) is 5. The summed E-state index contributed by atoms with van der Waals surface area (Å²) in [6.45, 7) is 0.543. The van der Waals surface area contributed by atoms with Crippen LogP contribution in [0.3, 0.4) is 0 Å². The highest BCUT2D eigenvalue weighted by Crippen LogP contribution is 2.22. The fourth-order valence-electron chi connectivity index (χ4n) is 2.18. The number of carbonyl (C=O) groups excluding carboxylic acids is 1. The van der Waals surface area contributed by atoms with E-state index in [1.165, 1.54) is 29.7 Å². The molecule has 1 saturated heterocycles. The zero-order chi connectivity index (χ0) is 15.5. The Balaban J connectivity index is 2.00. The highest BCUT2D eigenvalue weighted by Gasteiger charge is 2.31. The van der Waals surface area contributed by atoms with Gasteiger partial charge in [-0.1, -0.05) is 11.6 Å². The van der Waals surface area contributed by atoms with Crippen molar-refractivity contribution in [3.63, 3.8) is 0 Å². The van der Waals surface area contributed by atoms with Crippen molar-refractivity contribution in [2.75, 3.05) is 24.9 Å². The van der Waals surface area contributed by atoms with Crippen LogP contribution in [0.1, 0.15) is 12.8 Å². The number of aromatic nitrogens is 1. The van der Waals surface area contributed by atoms with Crippen molar-refractivity contribution in [2.24, 2.45) is 5.92 Å². The third-order valence-electron chi connectivity index (χ3n) is 3.30. The van der Waals surface area contributed by atoms with Gasteiger partial charge >= 0.3 is 16.2 Å². The minimum Gasteiger partial charge on any atom is -0.469 e. The summed E-state index contributed by atoms with van der Waals surface area (Å²) in [5.41, 5.74) is 0.352. The fourth-order valence-corrected chi connectivity index (χ4v) is 3.60. The standard InChI is InChI=1S/C12H16ClN3O4S/c1-20-12(17)9-3-6-16(7-4-9)21(18,19)15-10-2-5-14-11(13)8-10/h2,5,8-9H,3-4,6-7H2,1H3,(H,14,15). The Hall–Kier alpha value is -1.38. The van der Waals surface area contributed by atoms with E-state index in [2.05, 4.69) is 14.4 Å². The number of halogens is 1. The highest BCUT2D eigenvalue weighted by molar-refractivity contribution is 7.90. The maximum Gasteiger partial charge on any atom is 0.308 e. The lowest BCUT2D eigenvalue weighted by molar-refractivity contribution is -0.146. The van der Waals surface area contributed by atoms with Gasteiger partial charge in [0.15, 0.2) is 0 Å². The van der Waals surface area contributed by atoms with Gasteiger partial charge in [-0.15, -0.1) is 0 Å². The molecule has 1 aliphatic heterocycles. The summed E-state index contributed by atoms with van der Waals surface area (Å²) < 4.78 is 32.9. The van der Waals surface area contributed by atoms with Crippen LogP contribution >= 0.6 is 11.6 Å². The molecular formula is C12H16ClN3O4S. The van der Waals surface area contributed by atoms with Gasteiger partial charge in [-0.05, 0) is 25.0 Å². The minimum absolute atomic E-state index is 0.208. The molecule has 1 fully saturated rings. The van der Waals surface area contributed by atoms with Gasteiger partial charge < -0.3 is 4.74 Å². The van der Waals surface area contributed by atoms with Gasteiger partial charge in [-0.25, -0.2) is 4.98 Å². The molecule has 0 aliphatic carbocycles. The maximum absolute atomic E-state index is 12.2. The van der Waals surface area contributed by atoms with Gasteiger partial charge in [0.2, 0.25) is 0 Å². The average Bonchev–Trinajstić information content (AvgIpc) is 2.46. The molecule has 0 unspecified atom stereocenters. The Morgan fingerprint density at radius 1 is 1.48 bits per heavy atom. The molecule has 0 amide bonds. The maximum atomic E-state index is 12.2. The van der Waals surface area contributed by atoms with Crippen molar-refractivity contribution in [2.45, 2.75) is 12.8 Å². The number of nitrogens with one attached hydrogen (secondary N) is 1. The van der Waals surface area contributed by atoms with Crippen LogP contribution < -0.4 is 4.72 Å². The van der Waals surface area contributed by atoms with Crippen LogP contribution in [0.4, 0.5) is 5.69 Å². The zero-order valence-electron chi connectivity index (χ0n) is 11.5. The molecule has 21 heavy (non-hydrogen) atoms. The first-order chi connectivity index (χ1) is 9.92. The van der Waals surface area contributed by atoms with Gasteiger partial charge in [-0.3, -0.25) is 9.52 Å². The second kappa shape index (κ2) is 6.59. The number of rotatable bonds is 4. The number of nitrogens with zero attached hydrogens (tertiary/aromatic N) is 2. The second-order valence-corrected chi connectivity index (χ2v) is 6.73. The zero-order valence-corrected chi connectivity index (χ0v) is 13.0. The number of hydrogen-bond donors (Lipinski definition) is 1. The molecule has 0 bridgehead atoms. The van der Waals surface area contributed by atoms with Crippen molar-refractivity contribution < 1.29 is 17.9 Å². The first kappa shape index (κ1) is 16.0. The summed E-state index contributed by atoms with van der Waals surface area (Å²) >= 11 is 5.72. The van der Waals surface area contributed by atoms with E-state index in [9.17, 15) is 13.2 Å². The second-order valence-electron chi connectivity index (χ2n) is 4.67. The molecule has 1 aliphatic rings. The van der Waals surface area contributed by atoms with Crippen molar-refractivity contribution in [1.82, 2.24) is 9.29 Å². The molecule has 7 nitrogen and oxygen atoms in total. The Morgan fingerprint density at radius 3 is 2.71 bits per heavy atom. The van der Waals surface area contributed by atoms with Gasteiger partial charge in [0.1, 0.15) is 5.15 Å². The summed E-state index contributed by atoms with van der Waals surface area (Å²) in [6, 6.07) is 2.95. The summed E-state index contributed by atoms with van der Waals surface area (Å²) in [7, 11) is -2.33. The molecule has 2 rings (SSSR count). The molecule has 1 N–H and O–H groups in total. The van der Waals surface area contributed by atoms with E-state index in [1.807, 2.05) is 0 Å². The minimum atomic E-state index is -3.66. The molecule has 9 heteroatoms. The van der Waals surface area contributed by atoms with Crippen molar-refractivity contribution >= 4 is 33.5 Å². The molecule has 1 aromatic heterocycles. The van der Waals surface area contributed by atoms with Crippen LogP contribution in [0.2, 0.25) is 5.15 Å². The molecule has 0 saturated carbocycles. The number of piperidine rings is 1. The molecule has 0 radical (unpaired) electrons. The van der Waals surface area contributed by atoms with Crippen molar-refractivity contribution in [1.29, 1.82) is 0 Å². The summed E-state index contributed by atoms with van der Waals surface area (Å²) in [6.07, 6.45) is 2.32. The molecule has 0 atom stereocenters. The Kier molecular flexibility index (Phi) is 5.02. The molecule has 116 valence electrons. The first-order valence-corrected chi connectivity index (χ1v) is 8.21. The number of pyridine rings is 1. The Labute approximate surface area is 128 Å². The number of ether oxygens (including phenoxy) is 1. The van der Waals surface area contributed by atoms with Crippen LogP contribution in [0.15, 0.2) is 18.3 Å². The van der Waals surface area contributed by atoms with Gasteiger partial charge in [-0.2, -0.15) is 12.7 Å². The van der Waals surface area contributed by atoms with Crippen LogP contribution in [0, 0.1) is 5.92 Å². The lowest BCUT2D eigenvalue weighted by Crippen LogP contribution is -2.43. The summed E-state index contributed by atoms with van der Waals surface area (Å²) in [5.74, 6) is -0.530. The number of anilines is 1. The lowest BCUT2D eigenvalue weighted by Gasteiger charge is -2.29. The Morgan fingerprint density at radius 2 is 2.14 bits per heavy atom. The van der Waals surface area contributed by atoms with Gasteiger partial charge in [0.25, 0.3) is 0 Å². The number of esters is 1. The lowest BCUT2D eigenvalue weighted by atomic mass is 9.99. The van der Waals surface area contributed by atoms with Crippen molar-refractivity contribution in [3.05, 3.63) is 23.5 Å². The molecule has 1 aromatic rings. The van der Waals surface area contributed by atoms with E-state index in [0.29, 0.717) is 18.5 Å². The number of methoxy groups -OCH3 is 1. The van der Waals surface area contributed by atoms with Crippen LogP contribution in [-0.2, 0) is 19.7 Å². The summed E-state index contributed by atoms with van der Waals surface area (Å²) in [4.78, 5) is 15.2. The van der Waals surface area contributed by atoms with Crippen molar-refractivity contribution in [3.8, 4) is 0 Å². The van der Waals surface area contributed by atoms with E-state index in [1.54, 1.807) is 0 Å². The van der Waals surface area contributed by atoms with E-state index in [0.717, 1.165) is 0 Å². The van der Waals surface area contributed by atoms with Crippen LogP contribution in [-0.4, -0.2) is 43.9 Å². The smallest absolute Gasteiger partial charge is 0.308 e.